The number of carbonyl (C=O) groups is 1. The monoisotopic (exact) mass is 459 g/mol. The number of urea groups is 1. The van der Waals surface area contributed by atoms with E-state index in [1.54, 1.807) is 7.11 Å². The van der Waals surface area contributed by atoms with Crippen molar-refractivity contribution < 1.29 is 14.3 Å². The molecule has 1 aromatic carbocycles. The Labute approximate surface area is 200 Å². The zero-order chi connectivity index (χ0) is 23.3. The second-order valence-electron chi connectivity index (χ2n) is 9.87. The van der Waals surface area contributed by atoms with Gasteiger partial charge in [-0.25, -0.2) is 4.79 Å². The maximum Gasteiger partial charge on any atom is 0.317 e. The quantitative estimate of drug-likeness (QED) is 0.436. The first-order valence-electron chi connectivity index (χ1n) is 13.1. The van der Waals surface area contributed by atoms with Crippen LogP contribution in [0.25, 0.3) is 0 Å². The summed E-state index contributed by atoms with van der Waals surface area (Å²) in [6.45, 7) is 3.52. The average Bonchev–Trinajstić information content (AvgIpc) is 2.87. The van der Waals surface area contributed by atoms with E-state index in [-0.39, 0.29) is 18.2 Å². The van der Waals surface area contributed by atoms with Crippen molar-refractivity contribution in [2.45, 2.75) is 76.4 Å². The molecule has 1 saturated heterocycles. The van der Waals surface area contributed by atoms with Crippen LogP contribution in [0.3, 0.4) is 0 Å². The van der Waals surface area contributed by atoms with Crippen molar-refractivity contribution in [3.63, 3.8) is 0 Å². The van der Waals surface area contributed by atoms with Crippen LogP contribution in [-0.4, -0.2) is 56.9 Å². The van der Waals surface area contributed by atoms with Gasteiger partial charge in [-0.2, -0.15) is 0 Å². The Bertz CT molecular complexity index is 666. The van der Waals surface area contributed by atoms with Crippen molar-refractivity contribution in [1.29, 1.82) is 0 Å². The SMILES string of the molecule is COCCCCO[C@@H](c1ccccc1)[C@@H]1CCCN(C(=O)N[C@H](CN)CC2CCCCC2)C1. The van der Waals surface area contributed by atoms with Gasteiger partial charge < -0.3 is 25.4 Å². The van der Waals surface area contributed by atoms with Crippen LogP contribution < -0.4 is 11.1 Å². The van der Waals surface area contributed by atoms with E-state index in [9.17, 15) is 4.79 Å². The molecule has 3 atom stereocenters. The molecule has 0 spiro atoms. The number of hydrogen-bond donors (Lipinski definition) is 2. The molecule has 2 fully saturated rings. The molecule has 6 nitrogen and oxygen atoms in total. The third kappa shape index (κ3) is 8.58. The molecule has 0 aromatic heterocycles. The minimum atomic E-state index is 0.0110. The number of ether oxygens (including phenoxy) is 2. The van der Waals surface area contributed by atoms with Crippen LogP contribution in [0.15, 0.2) is 30.3 Å². The number of methoxy groups -OCH3 is 1. The Hall–Kier alpha value is -1.63. The van der Waals surface area contributed by atoms with Gasteiger partial charge >= 0.3 is 6.03 Å². The summed E-state index contributed by atoms with van der Waals surface area (Å²) in [6, 6.07) is 10.6. The van der Waals surface area contributed by atoms with Gasteiger partial charge in [0.25, 0.3) is 0 Å². The van der Waals surface area contributed by atoms with E-state index in [2.05, 4.69) is 29.6 Å². The fourth-order valence-corrected chi connectivity index (χ4v) is 5.45. The molecule has 33 heavy (non-hydrogen) atoms. The standard InChI is InChI=1S/C27H45N3O3/c1-32-17-8-9-18-33-26(23-13-6-3-7-14-23)24-15-10-16-30(21-24)27(31)29-25(20-28)19-22-11-4-2-5-12-22/h3,6-7,13-14,22,24-26H,2,4-5,8-12,15-21,28H2,1H3,(H,29,31)/t24-,25+,26+/m1/s1. The summed E-state index contributed by atoms with van der Waals surface area (Å²) in [5.41, 5.74) is 7.25. The van der Waals surface area contributed by atoms with E-state index >= 15 is 0 Å². The lowest BCUT2D eigenvalue weighted by molar-refractivity contribution is -0.0131. The van der Waals surface area contributed by atoms with Gasteiger partial charge in [0.1, 0.15) is 0 Å². The van der Waals surface area contributed by atoms with Crippen LogP contribution >= 0.6 is 0 Å². The van der Waals surface area contributed by atoms with Gasteiger partial charge in [0.15, 0.2) is 0 Å². The lowest BCUT2D eigenvalue weighted by Gasteiger charge is -2.38. The maximum atomic E-state index is 13.2. The maximum absolute atomic E-state index is 13.2. The number of likely N-dealkylation sites (tertiary alicyclic amines) is 1. The number of amides is 2. The van der Waals surface area contributed by atoms with Crippen LogP contribution in [0.1, 0.15) is 75.9 Å². The van der Waals surface area contributed by atoms with Crippen LogP contribution in [0, 0.1) is 11.8 Å². The predicted octanol–water partition coefficient (Wildman–Crippen LogP) is 4.89. The Morgan fingerprint density at radius 2 is 1.85 bits per heavy atom. The first kappa shape index (κ1) is 26.0. The molecule has 3 rings (SSSR count). The number of nitrogens with zero attached hydrogens (tertiary/aromatic N) is 1. The largest absolute Gasteiger partial charge is 0.385 e. The number of carbonyl (C=O) groups excluding carboxylic acids is 1. The van der Waals surface area contributed by atoms with E-state index in [0.29, 0.717) is 25.0 Å². The average molecular weight is 460 g/mol. The Balaban J connectivity index is 1.56. The van der Waals surface area contributed by atoms with Crippen LogP contribution in [0.5, 0.6) is 0 Å². The fraction of sp³-hybridized carbons (Fsp3) is 0.741. The molecular formula is C27H45N3O3. The van der Waals surface area contributed by atoms with Crippen molar-refractivity contribution in [3.8, 4) is 0 Å². The van der Waals surface area contributed by atoms with Crippen molar-refractivity contribution in [1.82, 2.24) is 10.2 Å². The highest BCUT2D eigenvalue weighted by atomic mass is 16.5. The second kappa shape index (κ2) is 14.6. The van der Waals surface area contributed by atoms with Crippen LogP contribution in [0.4, 0.5) is 4.79 Å². The molecule has 0 radical (unpaired) electrons. The number of unbranched alkanes of at least 4 members (excludes halogenated alkanes) is 1. The fourth-order valence-electron chi connectivity index (χ4n) is 5.45. The van der Waals surface area contributed by atoms with Gasteiger partial charge in [-0.3, -0.25) is 0 Å². The zero-order valence-corrected chi connectivity index (χ0v) is 20.6. The predicted molar refractivity (Wildman–Crippen MR) is 133 cm³/mol. The first-order valence-corrected chi connectivity index (χ1v) is 13.1. The number of rotatable bonds is 12. The Morgan fingerprint density at radius 3 is 2.58 bits per heavy atom. The highest BCUT2D eigenvalue weighted by Crippen LogP contribution is 2.33. The van der Waals surface area contributed by atoms with Crippen LogP contribution in [0.2, 0.25) is 0 Å². The van der Waals surface area contributed by atoms with Gasteiger partial charge in [0.2, 0.25) is 0 Å². The van der Waals surface area contributed by atoms with Gasteiger partial charge in [-0.1, -0.05) is 62.4 Å². The van der Waals surface area contributed by atoms with E-state index in [4.69, 9.17) is 15.2 Å². The van der Waals surface area contributed by atoms with Crippen LogP contribution in [-0.2, 0) is 9.47 Å². The number of benzene rings is 1. The smallest absolute Gasteiger partial charge is 0.317 e. The molecule has 1 saturated carbocycles. The second-order valence-corrected chi connectivity index (χ2v) is 9.87. The third-order valence-electron chi connectivity index (χ3n) is 7.30. The van der Waals surface area contributed by atoms with Gasteiger partial charge in [0, 0.05) is 51.9 Å². The lowest BCUT2D eigenvalue weighted by Crippen LogP contribution is -2.51. The summed E-state index contributed by atoms with van der Waals surface area (Å²) in [4.78, 5) is 15.1. The van der Waals surface area contributed by atoms with Crippen molar-refractivity contribution in [2.24, 2.45) is 17.6 Å². The summed E-state index contributed by atoms with van der Waals surface area (Å²) in [6.07, 6.45) is 11.6. The topological polar surface area (TPSA) is 76.8 Å². The molecule has 1 aliphatic carbocycles. The number of piperidine rings is 1. The molecular weight excluding hydrogens is 414 g/mol. The Kier molecular flexibility index (Phi) is 11.5. The summed E-state index contributed by atoms with van der Waals surface area (Å²) in [5.74, 6) is 1.000. The Morgan fingerprint density at radius 1 is 1.09 bits per heavy atom. The van der Waals surface area contributed by atoms with Gasteiger partial charge in [0.05, 0.1) is 6.10 Å². The summed E-state index contributed by atoms with van der Waals surface area (Å²) < 4.78 is 11.6. The van der Waals surface area contributed by atoms with Crippen molar-refractivity contribution in [3.05, 3.63) is 35.9 Å². The minimum absolute atomic E-state index is 0.0110. The van der Waals surface area contributed by atoms with E-state index in [1.807, 2.05) is 11.0 Å². The van der Waals surface area contributed by atoms with Gasteiger partial charge in [-0.15, -0.1) is 0 Å². The lowest BCUT2D eigenvalue weighted by atomic mass is 9.85. The summed E-state index contributed by atoms with van der Waals surface area (Å²) >= 11 is 0. The van der Waals surface area contributed by atoms with Crippen molar-refractivity contribution >= 4 is 6.03 Å². The van der Waals surface area contributed by atoms with E-state index in [1.165, 1.54) is 37.7 Å². The molecule has 186 valence electrons. The molecule has 2 aliphatic rings. The summed E-state index contributed by atoms with van der Waals surface area (Å²) in [5, 5.41) is 3.26. The zero-order valence-electron chi connectivity index (χ0n) is 20.6. The molecule has 0 unspecified atom stereocenters. The summed E-state index contributed by atoms with van der Waals surface area (Å²) in [7, 11) is 1.74. The molecule has 6 heteroatoms. The molecule has 1 aromatic rings. The molecule has 2 amide bonds. The highest BCUT2D eigenvalue weighted by molar-refractivity contribution is 5.74. The minimum Gasteiger partial charge on any atom is -0.385 e. The van der Waals surface area contributed by atoms with E-state index in [0.717, 1.165) is 51.8 Å². The third-order valence-corrected chi connectivity index (χ3v) is 7.30. The number of hydrogen-bond acceptors (Lipinski definition) is 4. The van der Waals surface area contributed by atoms with Gasteiger partial charge in [-0.05, 0) is 43.6 Å². The normalized spacial score (nSPS) is 21.5. The number of nitrogens with one attached hydrogen (secondary N) is 1. The highest BCUT2D eigenvalue weighted by Gasteiger charge is 2.32. The van der Waals surface area contributed by atoms with E-state index < -0.39 is 0 Å². The number of nitrogens with two attached hydrogens (primary N) is 1. The molecule has 1 heterocycles. The molecule has 0 bridgehead atoms. The molecule has 3 N–H and O–H groups in total. The van der Waals surface area contributed by atoms with Crippen molar-refractivity contribution in [2.75, 3.05) is 40.0 Å². The molecule has 1 aliphatic heterocycles. The first-order chi connectivity index (χ1) is 16.2.